The number of carbonyl (C=O) groups is 2. The number of hydrogen-bond acceptors (Lipinski definition) is 4. The quantitative estimate of drug-likeness (QED) is 0.494. The molecule has 4 rings (SSSR count). The van der Waals surface area contributed by atoms with Crippen LogP contribution in [0.5, 0.6) is 11.5 Å². The van der Waals surface area contributed by atoms with Crippen molar-refractivity contribution in [3.63, 3.8) is 0 Å². The molecule has 1 amide bonds. The van der Waals surface area contributed by atoms with Gasteiger partial charge in [-0.25, -0.2) is 4.79 Å². The molecule has 3 aromatic rings. The first kappa shape index (κ1) is 23.0. The minimum Gasteiger partial charge on any atom is -0.497 e. The van der Waals surface area contributed by atoms with Gasteiger partial charge in [0.25, 0.3) is 0 Å². The summed E-state index contributed by atoms with van der Waals surface area (Å²) in [5.74, 6) is -0.134. The average molecular weight is 486 g/mol. The molecule has 33 heavy (non-hydrogen) atoms. The molecule has 0 spiro atoms. The maximum absolute atomic E-state index is 14.0. The summed E-state index contributed by atoms with van der Waals surface area (Å²) in [4.78, 5) is 27.2. The first-order valence-electron chi connectivity index (χ1n) is 10.1. The fourth-order valence-corrected chi connectivity index (χ4v) is 4.73. The second kappa shape index (κ2) is 8.61. The van der Waals surface area contributed by atoms with Gasteiger partial charge in [-0.15, -0.1) is 0 Å². The van der Waals surface area contributed by atoms with Gasteiger partial charge in [-0.05, 0) is 66.6 Å². The first-order chi connectivity index (χ1) is 15.7. The Kier molecular flexibility index (Phi) is 5.99. The van der Waals surface area contributed by atoms with Crippen LogP contribution in [0, 0.1) is 0 Å². The number of amides is 1. The third kappa shape index (κ3) is 3.79. The zero-order valence-corrected chi connectivity index (χ0v) is 19.7. The lowest BCUT2D eigenvalue weighted by Gasteiger charge is -2.27. The molecule has 1 atom stereocenters. The lowest BCUT2D eigenvalue weighted by atomic mass is 9.76. The van der Waals surface area contributed by atoms with Crippen LogP contribution < -0.4 is 14.4 Å². The van der Waals surface area contributed by atoms with Gasteiger partial charge in [0.1, 0.15) is 16.9 Å². The van der Waals surface area contributed by atoms with Gasteiger partial charge in [0, 0.05) is 27.4 Å². The first-order valence-corrected chi connectivity index (χ1v) is 10.8. The van der Waals surface area contributed by atoms with Gasteiger partial charge in [-0.1, -0.05) is 23.2 Å². The van der Waals surface area contributed by atoms with Crippen molar-refractivity contribution < 1.29 is 24.2 Å². The lowest BCUT2D eigenvalue weighted by Crippen LogP contribution is -2.39. The van der Waals surface area contributed by atoms with Gasteiger partial charge < -0.3 is 19.5 Å². The number of anilines is 1. The Morgan fingerprint density at radius 2 is 1.76 bits per heavy atom. The SMILES string of the molecule is COc1ccc(CN2C(=O)[C@@](C)(c3cc(C(=O)O)ccc3Cl)c3cc(Cl)ccc32)c(OC)c1. The Hall–Kier alpha value is -3.22. The van der Waals surface area contributed by atoms with E-state index in [1.807, 2.05) is 6.07 Å². The number of carboxylic acids is 1. The topological polar surface area (TPSA) is 76.1 Å². The molecule has 1 heterocycles. The fraction of sp³-hybridized carbons (Fsp3) is 0.200. The number of benzene rings is 3. The number of halogens is 2. The molecule has 0 fully saturated rings. The van der Waals surface area contributed by atoms with Crippen molar-refractivity contribution in [2.24, 2.45) is 0 Å². The molecule has 0 radical (unpaired) electrons. The van der Waals surface area contributed by atoms with Crippen LogP contribution in [0.15, 0.2) is 54.6 Å². The highest BCUT2D eigenvalue weighted by Gasteiger charge is 2.50. The second-order valence-electron chi connectivity index (χ2n) is 7.86. The molecule has 0 aliphatic carbocycles. The van der Waals surface area contributed by atoms with Crippen LogP contribution in [-0.2, 0) is 16.8 Å². The van der Waals surface area contributed by atoms with Crippen LogP contribution in [0.25, 0.3) is 0 Å². The summed E-state index contributed by atoms with van der Waals surface area (Å²) < 4.78 is 10.8. The van der Waals surface area contributed by atoms with Gasteiger partial charge in [0.2, 0.25) is 5.91 Å². The molecule has 1 N–H and O–H groups in total. The van der Waals surface area contributed by atoms with Gasteiger partial charge in [-0.3, -0.25) is 4.79 Å². The van der Waals surface area contributed by atoms with Crippen LogP contribution in [0.4, 0.5) is 5.69 Å². The van der Waals surface area contributed by atoms with E-state index in [0.29, 0.717) is 38.4 Å². The number of rotatable bonds is 6. The van der Waals surface area contributed by atoms with E-state index in [1.54, 1.807) is 56.4 Å². The number of fused-ring (bicyclic) bond motifs is 1. The third-order valence-electron chi connectivity index (χ3n) is 6.04. The summed E-state index contributed by atoms with van der Waals surface area (Å²) in [7, 11) is 3.12. The van der Waals surface area contributed by atoms with E-state index in [-0.39, 0.29) is 18.0 Å². The fourth-order valence-electron chi connectivity index (χ4n) is 4.25. The molecule has 1 aliphatic rings. The summed E-state index contributed by atoms with van der Waals surface area (Å²) in [5.41, 5.74) is 1.31. The van der Waals surface area contributed by atoms with Crippen molar-refractivity contribution in [3.05, 3.63) is 86.9 Å². The Morgan fingerprint density at radius 1 is 1.00 bits per heavy atom. The number of aromatic carboxylic acids is 1. The predicted octanol–water partition coefficient (Wildman–Crippen LogP) is 5.56. The van der Waals surface area contributed by atoms with Gasteiger partial charge >= 0.3 is 5.97 Å². The van der Waals surface area contributed by atoms with E-state index in [2.05, 4.69) is 0 Å². The molecule has 170 valence electrons. The predicted molar refractivity (Wildman–Crippen MR) is 127 cm³/mol. The highest BCUT2D eigenvalue weighted by atomic mass is 35.5. The third-order valence-corrected chi connectivity index (χ3v) is 6.60. The van der Waals surface area contributed by atoms with Gasteiger partial charge in [0.15, 0.2) is 0 Å². The van der Waals surface area contributed by atoms with E-state index in [9.17, 15) is 14.7 Å². The van der Waals surface area contributed by atoms with Crippen molar-refractivity contribution in [2.45, 2.75) is 18.9 Å². The number of ether oxygens (including phenoxy) is 2. The molecule has 3 aromatic carbocycles. The summed E-state index contributed by atoms with van der Waals surface area (Å²) in [6.45, 7) is 1.97. The molecule has 0 saturated heterocycles. The van der Waals surface area contributed by atoms with Crippen molar-refractivity contribution in [2.75, 3.05) is 19.1 Å². The van der Waals surface area contributed by atoms with Gasteiger partial charge in [-0.2, -0.15) is 0 Å². The Balaban J connectivity index is 1.87. The lowest BCUT2D eigenvalue weighted by molar-refractivity contribution is -0.121. The van der Waals surface area contributed by atoms with E-state index in [0.717, 1.165) is 5.56 Å². The van der Waals surface area contributed by atoms with Crippen LogP contribution in [0.1, 0.15) is 34.0 Å². The largest absolute Gasteiger partial charge is 0.497 e. The molecular weight excluding hydrogens is 465 g/mol. The minimum absolute atomic E-state index is 0.0438. The summed E-state index contributed by atoms with van der Waals surface area (Å²) >= 11 is 12.8. The molecule has 8 heteroatoms. The van der Waals surface area contributed by atoms with Crippen LogP contribution >= 0.6 is 23.2 Å². The van der Waals surface area contributed by atoms with E-state index in [1.165, 1.54) is 18.2 Å². The van der Waals surface area contributed by atoms with Crippen molar-refractivity contribution in [1.29, 1.82) is 0 Å². The van der Waals surface area contributed by atoms with Crippen LogP contribution in [-0.4, -0.2) is 31.2 Å². The van der Waals surface area contributed by atoms with E-state index >= 15 is 0 Å². The number of carbonyl (C=O) groups excluding carboxylic acids is 1. The molecular formula is C25H21Cl2NO5. The molecule has 0 bridgehead atoms. The van der Waals surface area contributed by atoms with Crippen molar-refractivity contribution in [3.8, 4) is 11.5 Å². The molecule has 0 aromatic heterocycles. The Bertz CT molecular complexity index is 1280. The smallest absolute Gasteiger partial charge is 0.335 e. The maximum Gasteiger partial charge on any atom is 0.335 e. The number of carboxylic acid groups (broad SMARTS) is 1. The highest BCUT2D eigenvalue weighted by molar-refractivity contribution is 6.33. The second-order valence-corrected chi connectivity index (χ2v) is 8.70. The number of methoxy groups -OCH3 is 2. The summed E-state index contributed by atoms with van der Waals surface area (Å²) in [6, 6.07) is 15.0. The van der Waals surface area contributed by atoms with Gasteiger partial charge in [0.05, 0.1) is 26.3 Å². The number of nitrogens with zero attached hydrogens (tertiary/aromatic N) is 1. The normalized spacial score (nSPS) is 17.1. The zero-order chi connectivity index (χ0) is 23.9. The Morgan fingerprint density at radius 3 is 2.42 bits per heavy atom. The summed E-state index contributed by atoms with van der Waals surface area (Å²) in [6.07, 6.45) is 0. The van der Waals surface area contributed by atoms with E-state index in [4.69, 9.17) is 32.7 Å². The molecule has 1 aliphatic heterocycles. The van der Waals surface area contributed by atoms with Crippen LogP contribution in [0.3, 0.4) is 0 Å². The van der Waals surface area contributed by atoms with Crippen LogP contribution in [0.2, 0.25) is 10.0 Å². The molecule has 6 nitrogen and oxygen atoms in total. The molecule has 0 unspecified atom stereocenters. The van der Waals surface area contributed by atoms with Crippen molar-refractivity contribution in [1.82, 2.24) is 0 Å². The molecule has 0 saturated carbocycles. The highest BCUT2D eigenvalue weighted by Crippen LogP contribution is 2.49. The maximum atomic E-state index is 14.0. The monoisotopic (exact) mass is 485 g/mol. The van der Waals surface area contributed by atoms with Crippen molar-refractivity contribution >= 4 is 40.8 Å². The zero-order valence-electron chi connectivity index (χ0n) is 18.2. The minimum atomic E-state index is -1.23. The summed E-state index contributed by atoms with van der Waals surface area (Å²) in [5, 5.41) is 10.3. The average Bonchev–Trinajstić information content (AvgIpc) is 3.01. The standard InChI is InChI=1S/C25H21Cl2NO5/c1-25(18-10-14(23(29)30)5-8-20(18)27)19-11-16(26)6-9-21(19)28(24(25)31)13-15-4-7-17(32-2)12-22(15)33-3/h4-12H,13H2,1-3H3,(H,29,30)/t25-/m0/s1. The number of hydrogen-bond donors (Lipinski definition) is 1. The van der Waals surface area contributed by atoms with E-state index < -0.39 is 11.4 Å². The Labute approximate surface area is 201 Å².